The minimum atomic E-state index is -0.372. The third-order valence-electron chi connectivity index (χ3n) is 4.61. The van der Waals surface area contributed by atoms with Crippen molar-refractivity contribution in [3.8, 4) is 0 Å². The van der Waals surface area contributed by atoms with E-state index in [9.17, 15) is 9.59 Å². The molecule has 0 saturated carbocycles. The van der Waals surface area contributed by atoms with Gasteiger partial charge < -0.3 is 10.1 Å². The topological polar surface area (TPSA) is 73.2 Å². The van der Waals surface area contributed by atoms with Crippen LogP contribution in [-0.2, 0) is 11.3 Å². The van der Waals surface area contributed by atoms with Crippen LogP contribution in [0.5, 0.6) is 0 Å². The fourth-order valence-electron chi connectivity index (χ4n) is 3.08. The normalized spacial score (nSPS) is 11.2. The van der Waals surface area contributed by atoms with Gasteiger partial charge in [-0.1, -0.05) is 29.8 Å². The zero-order chi connectivity index (χ0) is 20.8. The highest BCUT2D eigenvalue weighted by molar-refractivity contribution is 5.96. The molecule has 6 heteroatoms. The summed E-state index contributed by atoms with van der Waals surface area (Å²) in [6, 6.07) is 13.3. The van der Waals surface area contributed by atoms with E-state index in [0.717, 1.165) is 16.5 Å². The van der Waals surface area contributed by atoms with E-state index in [2.05, 4.69) is 10.3 Å². The molecule has 0 atom stereocenters. The van der Waals surface area contributed by atoms with Gasteiger partial charge in [-0.2, -0.15) is 0 Å². The first-order valence-corrected chi connectivity index (χ1v) is 9.89. The van der Waals surface area contributed by atoms with Crippen LogP contribution in [0.25, 0.3) is 11.0 Å². The molecule has 0 spiro atoms. The van der Waals surface area contributed by atoms with Crippen LogP contribution in [0, 0.1) is 6.92 Å². The Hall–Kier alpha value is -2.99. The van der Waals surface area contributed by atoms with Gasteiger partial charge in [0.25, 0.3) is 11.5 Å². The maximum absolute atomic E-state index is 13.1. The van der Waals surface area contributed by atoms with Crippen molar-refractivity contribution < 1.29 is 9.53 Å². The van der Waals surface area contributed by atoms with Crippen molar-refractivity contribution in [2.45, 2.75) is 39.8 Å². The number of amides is 1. The number of fused-ring (bicyclic) bond motifs is 1. The van der Waals surface area contributed by atoms with E-state index >= 15 is 0 Å². The van der Waals surface area contributed by atoms with E-state index in [4.69, 9.17) is 4.74 Å². The maximum Gasteiger partial charge on any atom is 0.265 e. The summed E-state index contributed by atoms with van der Waals surface area (Å²) in [5.41, 5.74) is 2.49. The summed E-state index contributed by atoms with van der Waals surface area (Å²) in [4.78, 5) is 30.2. The molecule has 2 heterocycles. The smallest absolute Gasteiger partial charge is 0.265 e. The molecule has 1 N–H and O–H groups in total. The van der Waals surface area contributed by atoms with Gasteiger partial charge in [0.2, 0.25) is 0 Å². The Labute approximate surface area is 170 Å². The van der Waals surface area contributed by atoms with Crippen LogP contribution in [-0.4, -0.2) is 34.7 Å². The summed E-state index contributed by atoms with van der Waals surface area (Å²) in [6.45, 7) is 7.34. The van der Waals surface area contributed by atoms with E-state index in [0.29, 0.717) is 31.8 Å². The summed E-state index contributed by atoms with van der Waals surface area (Å²) < 4.78 is 7.05. The lowest BCUT2D eigenvalue weighted by Crippen LogP contribution is -2.34. The lowest BCUT2D eigenvalue weighted by molar-refractivity contribution is 0.0757. The van der Waals surface area contributed by atoms with E-state index in [1.165, 1.54) is 0 Å². The van der Waals surface area contributed by atoms with E-state index in [1.54, 1.807) is 22.9 Å². The Morgan fingerprint density at radius 3 is 2.69 bits per heavy atom. The quantitative estimate of drug-likeness (QED) is 0.596. The second kappa shape index (κ2) is 9.47. The lowest BCUT2D eigenvalue weighted by atomic mass is 10.1. The van der Waals surface area contributed by atoms with Crippen LogP contribution in [0.4, 0.5) is 0 Å². The summed E-state index contributed by atoms with van der Waals surface area (Å²) >= 11 is 0. The molecule has 152 valence electrons. The molecule has 3 rings (SSSR count). The molecule has 0 saturated heterocycles. The number of pyridine rings is 2. The third kappa shape index (κ3) is 5.29. The Kier molecular flexibility index (Phi) is 6.77. The third-order valence-corrected chi connectivity index (χ3v) is 4.61. The van der Waals surface area contributed by atoms with Gasteiger partial charge in [0, 0.05) is 24.7 Å². The van der Waals surface area contributed by atoms with Crippen molar-refractivity contribution in [2.75, 3.05) is 13.2 Å². The zero-order valence-electron chi connectivity index (χ0n) is 17.1. The van der Waals surface area contributed by atoms with Gasteiger partial charge in [-0.3, -0.25) is 14.2 Å². The van der Waals surface area contributed by atoms with Crippen LogP contribution >= 0.6 is 0 Å². The molecule has 0 aliphatic carbocycles. The molecule has 0 unspecified atom stereocenters. The number of ether oxygens (including phenoxy) is 1. The maximum atomic E-state index is 13.1. The zero-order valence-corrected chi connectivity index (χ0v) is 17.1. The van der Waals surface area contributed by atoms with Crippen LogP contribution in [0.2, 0.25) is 0 Å². The minimum absolute atomic E-state index is 0.127. The number of rotatable bonds is 8. The van der Waals surface area contributed by atoms with Gasteiger partial charge in [0.05, 0.1) is 12.6 Å². The molecule has 0 radical (unpaired) electrons. The first-order valence-electron chi connectivity index (χ1n) is 9.89. The Morgan fingerprint density at radius 2 is 1.97 bits per heavy atom. The molecule has 0 fully saturated rings. The van der Waals surface area contributed by atoms with Gasteiger partial charge in [-0.15, -0.1) is 0 Å². The minimum Gasteiger partial charge on any atom is -0.379 e. The van der Waals surface area contributed by atoms with E-state index in [1.807, 2.05) is 51.1 Å². The summed E-state index contributed by atoms with van der Waals surface area (Å²) in [5.74, 6) is -0.372. The summed E-state index contributed by atoms with van der Waals surface area (Å²) in [7, 11) is 0. The number of hydrogen-bond acceptors (Lipinski definition) is 4. The molecular weight excluding hydrogens is 366 g/mol. The lowest BCUT2D eigenvalue weighted by Gasteiger charge is -2.13. The standard InChI is InChI=1S/C23H27N3O3/c1-16(2)29-13-5-12-25-22(27)20-14-19-6-4-11-24-21(19)26(23(20)28)15-18-9-7-17(3)8-10-18/h4,6-11,14,16H,5,12-13,15H2,1-3H3,(H,25,27). The number of hydrogen-bond donors (Lipinski definition) is 1. The number of carbonyl (C=O) groups is 1. The van der Waals surface area contributed by atoms with Crippen molar-refractivity contribution >= 4 is 16.9 Å². The molecule has 3 aromatic rings. The Morgan fingerprint density at radius 1 is 1.21 bits per heavy atom. The fraction of sp³-hybridized carbons (Fsp3) is 0.348. The van der Waals surface area contributed by atoms with Crippen LogP contribution < -0.4 is 10.9 Å². The van der Waals surface area contributed by atoms with E-state index < -0.39 is 0 Å². The molecular formula is C23H27N3O3. The number of benzene rings is 1. The first kappa shape index (κ1) is 20.7. The highest BCUT2D eigenvalue weighted by Crippen LogP contribution is 2.13. The second-order valence-corrected chi connectivity index (χ2v) is 7.38. The van der Waals surface area contributed by atoms with Gasteiger partial charge in [0.15, 0.2) is 0 Å². The predicted octanol–water partition coefficient (Wildman–Crippen LogP) is 3.30. The average molecular weight is 393 g/mol. The fourth-order valence-corrected chi connectivity index (χ4v) is 3.08. The number of nitrogens with one attached hydrogen (secondary N) is 1. The molecule has 1 amide bonds. The van der Waals surface area contributed by atoms with Gasteiger partial charge in [-0.05, 0) is 51.0 Å². The van der Waals surface area contributed by atoms with Crippen LogP contribution in [0.1, 0.15) is 41.8 Å². The number of nitrogens with zero attached hydrogens (tertiary/aromatic N) is 2. The highest BCUT2D eigenvalue weighted by Gasteiger charge is 2.16. The van der Waals surface area contributed by atoms with Crippen LogP contribution in [0.15, 0.2) is 53.5 Å². The van der Waals surface area contributed by atoms with Gasteiger partial charge in [-0.25, -0.2) is 4.98 Å². The van der Waals surface area contributed by atoms with Crippen molar-refractivity contribution in [3.63, 3.8) is 0 Å². The number of aryl methyl sites for hydroxylation is 1. The number of carbonyl (C=O) groups excluding carboxylic acids is 1. The monoisotopic (exact) mass is 393 g/mol. The molecule has 2 aromatic heterocycles. The van der Waals surface area contributed by atoms with Crippen molar-refractivity contribution in [3.05, 3.63) is 75.7 Å². The molecule has 29 heavy (non-hydrogen) atoms. The van der Waals surface area contributed by atoms with Crippen LogP contribution in [0.3, 0.4) is 0 Å². The molecule has 0 aliphatic rings. The Bertz CT molecular complexity index is 1040. The van der Waals surface area contributed by atoms with E-state index in [-0.39, 0.29) is 23.1 Å². The second-order valence-electron chi connectivity index (χ2n) is 7.38. The first-order chi connectivity index (χ1) is 14.0. The largest absolute Gasteiger partial charge is 0.379 e. The molecule has 6 nitrogen and oxygen atoms in total. The molecule has 1 aromatic carbocycles. The number of aromatic nitrogens is 2. The average Bonchev–Trinajstić information content (AvgIpc) is 2.70. The van der Waals surface area contributed by atoms with Gasteiger partial charge in [0.1, 0.15) is 11.2 Å². The highest BCUT2D eigenvalue weighted by atomic mass is 16.5. The van der Waals surface area contributed by atoms with Crippen molar-refractivity contribution in [1.82, 2.24) is 14.9 Å². The molecule has 0 aliphatic heterocycles. The SMILES string of the molecule is Cc1ccc(Cn2c(=O)c(C(=O)NCCCOC(C)C)cc3cccnc32)cc1. The summed E-state index contributed by atoms with van der Waals surface area (Å²) in [5, 5.41) is 3.58. The Balaban J connectivity index is 1.86. The summed E-state index contributed by atoms with van der Waals surface area (Å²) in [6.07, 6.45) is 2.51. The predicted molar refractivity (Wildman–Crippen MR) is 114 cm³/mol. The van der Waals surface area contributed by atoms with Crippen molar-refractivity contribution in [1.29, 1.82) is 0 Å². The van der Waals surface area contributed by atoms with Crippen molar-refractivity contribution in [2.24, 2.45) is 0 Å². The molecule has 0 bridgehead atoms. The van der Waals surface area contributed by atoms with Gasteiger partial charge >= 0.3 is 0 Å².